The molecule has 2 unspecified atom stereocenters. The van der Waals surface area contributed by atoms with Crippen molar-refractivity contribution >= 4 is 0 Å². The van der Waals surface area contributed by atoms with Crippen molar-refractivity contribution in [2.75, 3.05) is 13.2 Å². The largest absolute Gasteiger partial charge is 0.399 e. The predicted molar refractivity (Wildman–Crippen MR) is 40.3 cm³/mol. The first kappa shape index (κ1) is 10.4. The van der Waals surface area contributed by atoms with Gasteiger partial charge in [0, 0.05) is 5.70 Å². The van der Waals surface area contributed by atoms with Gasteiger partial charge in [-0.3, -0.25) is 0 Å². The van der Waals surface area contributed by atoms with Crippen LogP contribution >= 0.6 is 0 Å². The summed E-state index contributed by atoms with van der Waals surface area (Å²) in [6, 6.07) is 0. The Bertz CT molecular complexity index is 129. The summed E-state index contributed by atoms with van der Waals surface area (Å²) in [6.07, 6.45) is -1.70. The lowest BCUT2D eigenvalue weighted by Gasteiger charge is -2.14. The highest BCUT2D eigenvalue weighted by Crippen LogP contribution is 1.92. The van der Waals surface area contributed by atoms with Crippen LogP contribution in [-0.4, -0.2) is 35.8 Å². The van der Waals surface area contributed by atoms with E-state index in [0.717, 1.165) is 0 Å². The molecule has 0 aromatic rings. The normalized spacial score (nSPS) is 15.9. The van der Waals surface area contributed by atoms with Crippen molar-refractivity contribution in [2.24, 2.45) is 11.5 Å². The summed E-state index contributed by atoms with van der Waals surface area (Å²) in [4.78, 5) is 0. The summed E-state index contributed by atoms with van der Waals surface area (Å²) in [5, 5.41) is 17.1. The van der Waals surface area contributed by atoms with Gasteiger partial charge in [-0.2, -0.15) is 0 Å². The van der Waals surface area contributed by atoms with Gasteiger partial charge < -0.3 is 26.4 Å². The Hall–Kier alpha value is -0.620. The fourth-order valence-electron chi connectivity index (χ4n) is 0.374. The Morgan fingerprint density at radius 1 is 1.64 bits per heavy atom. The molecular formula is C6H14N2O3. The number of rotatable bonds is 5. The summed E-state index contributed by atoms with van der Waals surface area (Å²) in [7, 11) is 0. The Kier molecular flexibility index (Phi) is 4.80. The molecule has 0 aliphatic carbocycles. The molecule has 0 saturated carbocycles. The zero-order valence-corrected chi connectivity index (χ0v) is 6.23. The Labute approximate surface area is 65.3 Å². The lowest BCUT2D eigenvalue weighted by atomic mass is 10.4. The summed E-state index contributed by atoms with van der Waals surface area (Å²) < 4.78 is 4.80. The molecule has 66 valence electrons. The number of hydrogen-bond acceptors (Lipinski definition) is 5. The van der Waals surface area contributed by atoms with Gasteiger partial charge in [0.05, 0.1) is 13.2 Å². The Morgan fingerprint density at radius 3 is 2.55 bits per heavy atom. The molecule has 0 spiro atoms. The van der Waals surface area contributed by atoms with Crippen molar-refractivity contribution in [3.8, 4) is 0 Å². The zero-order chi connectivity index (χ0) is 8.85. The number of ether oxygens (including phenoxy) is 1. The highest BCUT2D eigenvalue weighted by atomic mass is 16.5. The fourth-order valence-corrected chi connectivity index (χ4v) is 0.374. The van der Waals surface area contributed by atoms with Crippen LogP contribution < -0.4 is 11.5 Å². The molecular weight excluding hydrogens is 148 g/mol. The molecule has 0 bridgehead atoms. The maximum absolute atomic E-state index is 8.79. The van der Waals surface area contributed by atoms with E-state index >= 15 is 0 Å². The van der Waals surface area contributed by atoms with Crippen LogP contribution in [0.1, 0.15) is 0 Å². The van der Waals surface area contributed by atoms with Crippen LogP contribution in [0, 0.1) is 0 Å². The van der Waals surface area contributed by atoms with Crippen molar-refractivity contribution < 1.29 is 14.9 Å². The third-order valence-corrected chi connectivity index (χ3v) is 1.04. The number of aliphatic hydroxyl groups is 2. The van der Waals surface area contributed by atoms with Gasteiger partial charge in [0.25, 0.3) is 0 Å². The molecule has 0 aliphatic heterocycles. The van der Waals surface area contributed by atoms with Gasteiger partial charge in [-0.05, 0) is 0 Å². The van der Waals surface area contributed by atoms with Crippen molar-refractivity contribution in [2.45, 2.75) is 12.3 Å². The van der Waals surface area contributed by atoms with Crippen LogP contribution in [0.15, 0.2) is 12.3 Å². The summed E-state index contributed by atoms with van der Waals surface area (Å²) >= 11 is 0. The van der Waals surface area contributed by atoms with Crippen LogP contribution in [0.5, 0.6) is 0 Å². The fraction of sp³-hybridized carbons (Fsp3) is 0.667. The minimum absolute atomic E-state index is 0.0477. The molecule has 5 heteroatoms. The summed E-state index contributed by atoms with van der Waals surface area (Å²) in [6.45, 7) is 2.94. The third kappa shape index (κ3) is 4.74. The molecule has 11 heavy (non-hydrogen) atoms. The standard InChI is InChI=1S/C6H14N2O3/c1-4(7)6(8)11-3-5(10)2-9/h5-6,9-10H,1-3,7-8H2. The monoisotopic (exact) mass is 162 g/mol. The SMILES string of the molecule is C=C(N)C(N)OCC(O)CO. The van der Waals surface area contributed by atoms with Crippen LogP contribution in [0.3, 0.4) is 0 Å². The summed E-state index contributed by atoms with van der Waals surface area (Å²) in [5.41, 5.74) is 10.6. The van der Waals surface area contributed by atoms with Gasteiger partial charge in [-0.25, -0.2) is 0 Å². The van der Waals surface area contributed by atoms with Gasteiger partial charge in [-0.1, -0.05) is 6.58 Å². The molecule has 0 heterocycles. The van der Waals surface area contributed by atoms with Crippen molar-refractivity contribution in [1.82, 2.24) is 0 Å². The van der Waals surface area contributed by atoms with E-state index in [1.54, 1.807) is 0 Å². The van der Waals surface area contributed by atoms with E-state index in [4.69, 9.17) is 26.4 Å². The zero-order valence-electron chi connectivity index (χ0n) is 6.23. The van der Waals surface area contributed by atoms with Crippen LogP contribution in [-0.2, 0) is 4.74 Å². The first-order valence-electron chi connectivity index (χ1n) is 3.18. The molecule has 6 N–H and O–H groups in total. The molecule has 0 fully saturated rings. The first-order chi connectivity index (χ1) is 5.07. The van der Waals surface area contributed by atoms with Crippen LogP contribution in [0.25, 0.3) is 0 Å². The third-order valence-electron chi connectivity index (χ3n) is 1.04. The topological polar surface area (TPSA) is 102 Å². The van der Waals surface area contributed by atoms with E-state index in [0.29, 0.717) is 0 Å². The molecule has 5 nitrogen and oxygen atoms in total. The first-order valence-corrected chi connectivity index (χ1v) is 3.18. The molecule has 0 rings (SSSR count). The average molecular weight is 162 g/mol. The molecule has 0 aromatic heterocycles. The second kappa shape index (κ2) is 5.09. The van der Waals surface area contributed by atoms with E-state index in [1.807, 2.05) is 0 Å². The molecule has 0 amide bonds. The second-order valence-corrected chi connectivity index (χ2v) is 2.17. The van der Waals surface area contributed by atoms with Gasteiger partial charge >= 0.3 is 0 Å². The van der Waals surface area contributed by atoms with Crippen molar-refractivity contribution in [3.63, 3.8) is 0 Å². The maximum Gasteiger partial charge on any atom is 0.145 e. The smallest absolute Gasteiger partial charge is 0.145 e. The van der Waals surface area contributed by atoms with Gasteiger partial charge in [-0.15, -0.1) is 0 Å². The summed E-state index contributed by atoms with van der Waals surface area (Å²) in [5.74, 6) is 0. The van der Waals surface area contributed by atoms with E-state index in [-0.39, 0.29) is 18.9 Å². The van der Waals surface area contributed by atoms with Gasteiger partial charge in [0.1, 0.15) is 12.3 Å². The van der Waals surface area contributed by atoms with E-state index < -0.39 is 12.3 Å². The number of nitrogens with two attached hydrogens (primary N) is 2. The average Bonchev–Trinajstić information content (AvgIpc) is 1.99. The highest BCUT2D eigenvalue weighted by molar-refractivity contribution is 4.92. The molecule has 2 atom stereocenters. The van der Waals surface area contributed by atoms with Gasteiger partial charge in [0.2, 0.25) is 0 Å². The predicted octanol–water partition coefficient (Wildman–Crippen LogP) is -1.89. The Morgan fingerprint density at radius 2 is 2.18 bits per heavy atom. The number of hydrogen-bond donors (Lipinski definition) is 4. The lowest BCUT2D eigenvalue weighted by Crippen LogP contribution is -2.33. The Balaban J connectivity index is 3.45. The lowest BCUT2D eigenvalue weighted by molar-refractivity contribution is -0.0154. The maximum atomic E-state index is 8.79. The highest BCUT2D eigenvalue weighted by Gasteiger charge is 2.07. The van der Waals surface area contributed by atoms with E-state index in [1.165, 1.54) is 0 Å². The van der Waals surface area contributed by atoms with Crippen molar-refractivity contribution in [1.29, 1.82) is 0 Å². The number of aliphatic hydroxyl groups excluding tert-OH is 2. The van der Waals surface area contributed by atoms with Crippen LogP contribution in [0.4, 0.5) is 0 Å². The van der Waals surface area contributed by atoms with E-state index in [2.05, 4.69) is 6.58 Å². The minimum Gasteiger partial charge on any atom is -0.399 e. The molecule has 0 aliphatic rings. The van der Waals surface area contributed by atoms with Crippen molar-refractivity contribution in [3.05, 3.63) is 12.3 Å². The molecule has 0 aromatic carbocycles. The quantitative estimate of drug-likeness (QED) is 0.354. The second-order valence-electron chi connectivity index (χ2n) is 2.17. The van der Waals surface area contributed by atoms with E-state index in [9.17, 15) is 0 Å². The van der Waals surface area contributed by atoms with Crippen LogP contribution in [0.2, 0.25) is 0 Å². The molecule has 0 saturated heterocycles. The van der Waals surface area contributed by atoms with Gasteiger partial charge in [0.15, 0.2) is 0 Å². The minimum atomic E-state index is -0.916. The molecule has 0 radical (unpaired) electrons.